The topological polar surface area (TPSA) is 27.7 Å². The van der Waals surface area contributed by atoms with E-state index in [9.17, 15) is 0 Å². The van der Waals surface area contributed by atoms with Crippen LogP contribution in [0.5, 0.6) is 0 Å². The van der Waals surface area contributed by atoms with Crippen molar-refractivity contribution in [2.45, 2.75) is 73.3 Å². The molecule has 134 valence electrons. The molecule has 3 nitrogen and oxygen atoms in total. The summed E-state index contributed by atoms with van der Waals surface area (Å²) in [7, 11) is 0. The van der Waals surface area contributed by atoms with E-state index >= 15 is 0 Å². The number of hydrogen-bond acceptors (Lipinski definition) is 3. The number of fused-ring (bicyclic) bond motifs is 2. The normalized spacial score (nSPS) is 34.0. The monoisotopic (exact) mass is 460 g/mol. The molecular formula is C19H26Br2O3. The Morgan fingerprint density at radius 2 is 1.96 bits per heavy atom. The summed E-state index contributed by atoms with van der Waals surface area (Å²) in [5.41, 5.74) is 1.21. The molecule has 0 aliphatic carbocycles. The molecule has 2 fully saturated rings. The van der Waals surface area contributed by atoms with Gasteiger partial charge in [-0.2, -0.15) is 0 Å². The number of alkyl halides is 2. The molecule has 6 atom stereocenters. The van der Waals surface area contributed by atoms with Crippen molar-refractivity contribution in [2.24, 2.45) is 0 Å². The summed E-state index contributed by atoms with van der Waals surface area (Å²) in [6, 6.07) is 10.3. The lowest BCUT2D eigenvalue weighted by molar-refractivity contribution is -0.0839. The maximum absolute atomic E-state index is 6.40. The second-order valence-corrected chi connectivity index (χ2v) is 9.02. The van der Waals surface area contributed by atoms with Crippen molar-refractivity contribution in [1.29, 1.82) is 0 Å². The van der Waals surface area contributed by atoms with E-state index in [4.69, 9.17) is 14.2 Å². The molecule has 0 unspecified atom stereocenters. The lowest BCUT2D eigenvalue weighted by Gasteiger charge is -2.30. The number of ether oxygens (including phenoxy) is 3. The number of benzene rings is 1. The molecule has 0 spiro atoms. The fourth-order valence-electron chi connectivity index (χ4n) is 3.49. The highest BCUT2D eigenvalue weighted by molar-refractivity contribution is 9.09. The van der Waals surface area contributed by atoms with Crippen LogP contribution in [-0.4, -0.2) is 40.7 Å². The van der Waals surface area contributed by atoms with Crippen LogP contribution in [0, 0.1) is 0 Å². The molecule has 2 heterocycles. The smallest absolute Gasteiger partial charge is 0.0867 e. The summed E-state index contributed by atoms with van der Waals surface area (Å²) < 4.78 is 18.4. The van der Waals surface area contributed by atoms with Crippen LogP contribution < -0.4 is 0 Å². The van der Waals surface area contributed by atoms with Gasteiger partial charge in [-0.1, -0.05) is 69.1 Å². The molecule has 1 aromatic rings. The molecule has 2 aliphatic rings. The standard InChI is InChI=1S/C19H26Br2O3/c1-2-14(20)17-10-15(21)18-11-19(24-17)16(23-18)8-9-22-12-13-6-4-3-5-7-13/h3-7,14-19H,2,8-12H2,1H3/t14-,15-,16-,17+,18-,19-/m0/s1. The van der Waals surface area contributed by atoms with Gasteiger partial charge in [0.2, 0.25) is 0 Å². The zero-order valence-electron chi connectivity index (χ0n) is 14.1. The van der Waals surface area contributed by atoms with Crippen molar-refractivity contribution >= 4 is 31.9 Å². The fraction of sp³-hybridized carbons (Fsp3) is 0.684. The molecule has 5 heteroatoms. The summed E-state index contributed by atoms with van der Waals surface area (Å²) in [6.07, 6.45) is 4.80. The lowest BCUT2D eigenvalue weighted by Crippen LogP contribution is -2.37. The first-order chi connectivity index (χ1) is 11.7. The van der Waals surface area contributed by atoms with Crippen molar-refractivity contribution in [3.05, 3.63) is 35.9 Å². The first-order valence-electron chi connectivity index (χ1n) is 8.88. The van der Waals surface area contributed by atoms with E-state index in [0.717, 1.165) is 25.7 Å². The summed E-state index contributed by atoms with van der Waals surface area (Å²) >= 11 is 7.58. The average molecular weight is 462 g/mol. The van der Waals surface area contributed by atoms with Gasteiger partial charge < -0.3 is 14.2 Å². The van der Waals surface area contributed by atoms with Crippen LogP contribution >= 0.6 is 31.9 Å². The third kappa shape index (κ3) is 4.82. The summed E-state index contributed by atoms with van der Waals surface area (Å²) in [4.78, 5) is 0.779. The Labute approximate surface area is 161 Å². The largest absolute Gasteiger partial charge is 0.377 e. The fourth-order valence-corrected chi connectivity index (χ4v) is 4.54. The summed E-state index contributed by atoms with van der Waals surface area (Å²) in [5, 5.41) is 0. The second-order valence-electron chi connectivity index (χ2n) is 6.66. The van der Waals surface area contributed by atoms with E-state index in [0.29, 0.717) is 22.9 Å². The summed E-state index contributed by atoms with van der Waals surface area (Å²) in [5.74, 6) is 0. The highest BCUT2D eigenvalue weighted by Gasteiger charge is 2.44. The van der Waals surface area contributed by atoms with Crippen molar-refractivity contribution < 1.29 is 14.2 Å². The minimum atomic E-state index is 0.144. The Bertz CT molecular complexity index is 499. The maximum atomic E-state index is 6.40. The minimum Gasteiger partial charge on any atom is -0.377 e. The van der Waals surface area contributed by atoms with Crippen LogP contribution in [0.2, 0.25) is 0 Å². The van der Waals surface area contributed by atoms with Gasteiger partial charge in [-0.25, -0.2) is 0 Å². The van der Waals surface area contributed by atoms with E-state index in [1.165, 1.54) is 5.56 Å². The van der Waals surface area contributed by atoms with E-state index in [2.05, 4.69) is 50.9 Å². The third-order valence-electron chi connectivity index (χ3n) is 4.89. The highest BCUT2D eigenvalue weighted by atomic mass is 79.9. The Morgan fingerprint density at radius 1 is 1.17 bits per heavy atom. The van der Waals surface area contributed by atoms with E-state index in [1.54, 1.807) is 0 Å². The molecule has 0 amide bonds. The number of halogens is 2. The number of hydrogen-bond donors (Lipinski definition) is 0. The zero-order chi connectivity index (χ0) is 16.9. The van der Waals surface area contributed by atoms with Crippen LogP contribution in [0.3, 0.4) is 0 Å². The van der Waals surface area contributed by atoms with Gasteiger partial charge in [-0.15, -0.1) is 0 Å². The molecule has 24 heavy (non-hydrogen) atoms. The SMILES string of the molecule is CC[C@H](Br)[C@H]1C[C@H](Br)[C@@H]2C[C@H](O1)[C@H](CCOCc1ccccc1)O2. The third-order valence-corrected chi connectivity index (χ3v) is 7.09. The predicted molar refractivity (Wildman–Crippen MR) is 103 cm³/mol. The molecule has 3 rings (SSSR count). The molecular weight excluding hydrogens is 436 g/mol. The second kappa shape index (κ2) is 9.13. The summed E-state index contributed by atoms with van der Waals surface area (Å²) in [6.45, 7) is 3.56. The quantitative estimate of drug-likeness (QED) is 0.429. The van der Waals surface area contributed by atoms with Gasteiger partial charge in [0.1, 0.15) is 0 Å². The van der Waals surface area contributed by atoms with Crippen LogP contribution in [0.15, 0.2) is 30.3 Å². The van der Waals surface area contributed by atoms with Gasteiger partial charge in [0, 0.05) is 22.7 Å². The van der Waals surface area contributed by atoms with Crippen LogP contribution in [0.1, 0.15) is 38.2 Å². The first kappa shape index (κ1) is 18.8. The van der Waals surface area contributed by atoms with Gasteiger partial charge in [0.05, 0.1) is 31.0 Å². The molecule has 0 aromatic heterocycles. The van der Waals surface area contributed by atoms with Crippen molar-refractivity contribution in [1.82, 2.24) is 0 Å². The lowest BCUT2D eigenvalue weighted by atomic mass is 10.1. The van der Waals surface area contributed by atoms with Gasteiger partial charge in [-0.3, -0.25) is 0 Å². The minimum absolute atomic E-state index is 0.144. The van der Waals surface area contributed by atoms with Crippen LogP contribution in [0.4, 0.5) is 0 Å². The van der Waals surface area contributed by atoms with Gasteiger partial charge in [0.15, 0.2) is 0 Å². The van der Waals surface area contributed by atoms with E-state index in [-0.39, 0.29) is 24.4 Å². The van der Waals surface area contributed by atoms with Crippen molar-refractivity contribution in [3.63, 3.8) is 0 Å². The Morgan fingerprint density at radius 3 is 2.71 bits per heavy atom. The van der Waals surface area contributed by atoms with Crippen LogP contribution in [-0.2, 0) is 20.8 Å². The molecule has 2 bridgehead atoms. The molecule has 0 radical (unpaired) electrons. The van der Waals surface area contributed by atoms with Gasteiger partial charge in [0.25, 0.3) is 0 Å². The maximum Gasteiger partial charge on any atom is 0.0867 e. The molecule has 0 saturated carbocycles. The average Bonchev–Trinajstić information content (AvgIpc) is 2.92. The Kier molecular flexibility index (Phi) is 7.17. The molecule has 0 N–H and O–H groups in total. The Balaban J connectivity index is 1.48. The molecule has 2 aliphatic heterocycles. The first-order valence-corrected chi connectivity index (χ1v) is 10.7. The predicted octanol–water partition coefficient (Wildman–Crippen LogP) is 4.85. The molecule has 2 saturated heterocycles. The number of rotatable bonds is 7. The highest BCUT2D eigenvalue weighted by Crippen LogP contribution is 2.38. The van der Waals surface area contributed by atoms with E-state index in [1.807, 2.05) is 18.2 Å². The van der Waals surface area contributed by atoms with E-state index < -0.39 is 0 Å². The van der Waals surface area contributed by atoms with Crippen molar-refractivity contribution in [3.8, 4) is 0 Å². The van der Waals surface area contributed by atoms with Gasteiger partial charge >= 0.3 is 0 Å². The van der Waals surface area contributed by atoms with Crippen LogP contribution in [0.25, 0.3) is 0 Å². The zero-order valence-corrected chi connectivity index (χ0v) is 17.2. The van der Waals surface area contributed by atoms with Gasteiger partial charge in [-0.05, 0) is 24.8 Å². The molecule has 1 aromatic carbocycles. The van der Waals surface area contributed by atoms with Crippen molar-refractivity contribution in [2.75, 3.05) is 6.61 Å². The Hall–Kier alpha value is 0.0600.